The largest absolute Gasteiger partial charge is 0.386 e. The Labute approximate surface area is 86.6 Å². The Bertz CT molecular complexity index is 263. The number of hydrogen-bond donors (Lipinski definition) is 2. The van der Waals surface area contributed by atoms with Crippen molar-refractivity contribution in [2.24, 2.45) is 11.7 Å². The molecule has 0 heterocycles. The minimum Gasteiger partial charge on any atom is -0.386 e. The Hall–Kier alpha value is -1.18. The summed E-state index contributed by atoms with van der Waals surface area (Å²) in [4.78, 5) is 0. The van der Waals surface area contributed by atoms with Crippen molar-refractivity contribution < 1.29 is 0 Å². The smallest absolute Gasteiger partial charge is 0.0927 e. The van der Waals surface area contributed by atoms with Gasteiger partial charge in [-0.2, -0.15) is 0 Å². The number of nitrogens with two attached hydrogens (primary N) is 1. The summed E-state index contributed by atoms with van der Waals surface area (Å²) in [5.41, 5.74) is 7.99. The maximum atomic E-state index is 5.44. The summed E-state index contributed by atoms with van der Waals surface area (Å²) in [6.45, 7) is 9.73. The normalized spacial score (nSPS) is 20.4. The fraction of sp³-hybridized carbons (Fsp3) is 0.500. The van der Waals surface area contributed by atoms with E-state index in [4.69, 9.17) is 5.73 Å². The molecular weight excluding hydrogens is 172 g/mol. The summed E-state index contributed by atoms with van der Waals surface area (Å²) in [6.07, 6.45) is 7.03. The third-order valence-electron chi connectivity index (χ3n) is 2.61. The van der Waals surface area contributed by atoms with E-state index in [-0.39, 0.29) is 0 Å². The summed E-state index contributed by atoms with van der Waals surface area (Å²) >= 11 is 0. The lowest BCUT2D eigenvalue weighted by molar-refractivity contribution is 0.606. The molecule has 0 amide bonds. The quantitative estimate of drug-likeness (QED) is 0.657. The van der Waals surface area contributed by atoms with Crippen molar-refractivity contribution in [3.05, 3.63) is 36.3 Å². The van der Waals surface area contributed by atoms with Crippen molar-refractivity contribution in [1.82, 2.24) is 5.32 Å². The first kappa shape index (κ1) is 10.9. The molecule has 2 heteroatoms. The first-order valence-electron chi connectivity index (χ1n) is 5.20. The number of rotatable bonds is 5. The molecule has 14 heavy (non-hydrogen) atoms. The van der Waals surface area contributed by atoms with E-state index in [2.05, 4.69) is 31.5 Å². The van der Waals surface area contributed by atoms with Crippen LogP contribution in [0.15, 0.2) is 36.3 Å². The van der Waals surface area contributed by atoms with Gasteiger partial charge in [0.15, 0.2) is 0 Å². The van der Waals surface area contributed by atoms with E-state index >= 15 is 0 Å². The highest BCUT2D eigenvalue weighted by Gasteiger charge is 2.15. The monoisotopic (exact) mass is 192 g/mol. The van der Waals surface area contributed by atoms with Crippen molar-refractivity contribution in [1.29, 1.82) is 0 Å². The minimum absolute atomic E-state index is 0.479. The van der Waals surface area contributed by atoms with Crippen LogP contribution in [0.2, 0.25) is 0 Å². The molecule has 0 aromatic heterocycles. The fourth-order valence-corrected chi connectivity index (χ4v) is 1.92. The average Bonchev–Trinajstić information content (AvgIpc) is 2.50. The van der Waals surface area contributed by atoms with E-state index < -0.39 is 0 Å². The van der Waals surface area contributed by atoms with Gasteiger partial charge in [-0.15, -0.1) is 0 Å². The summed E-state index contributed by atoms with van der Waals surface area (Å²) in [7, 11) is 0. The van der Waals surface area contributed by atoms with Crippen LogP contribution in [0.4, 0.5) is 0 Å². The average molecular weight is 192 g/mol. The van der Waals surface area contributed by atoms with Crippen LogP contribution in [-0.4, -0.2) is 0 Å². The maximum Gasteiger partial charge on any atom is 0.0927 e. The molecule has 1 atom stereocenters. The zero-order valence-corrected chi connectivity index (χ0v) is 8.97. The fourth-order valence-electron chi connectivity index (χ4n) is 1.92. The molecule has 2 nitrogen and oxygen atoms in total. The molecule has 0 radical (unpaired) electrons. The number of hydrogen-bond acceptors (Lipinski definition) is 2. The van der Waals surface area contributed by atoms with E-state index in [1.807, 2.05) is 0 Å². The van der Waals surface area contributed by atoms with E-state index in [9.17, 15) is 0 Å². The van der Waals surface area contributed by atoms with E-state index in [0.29, 0.717) is 11.7 Å². The molecule has 78 valence electrons. The van der Waals surface area contributed by atoms with Crippen LogP contribution in [0.1, 0.15) is 32.6 Å². The molecule has 3 N–H and O–H groups in total. The standard InChI is InChI=1S/C12H20N2/c1-4-11-5-6-12(8-11)7-9(2)14-10(3)13/h8,12,14H,2-7,13H2,1H3. The van der Waals surface area contributed by atoms with Gasteiger partial charge in [-0.25, -0.2) is 0 Å². The Morgan fingerprint density at radius 3 is 2.86 bits per heavy atom. The highest BCUT2D eigenvalue weighted by Crippen LogP contribution is 2.29. The SMILES string of the molecule is C=C(N)NC(=C)CC1C=C(CC)CC1. The predicted octanol–water partition coefficient (Wildman–Crippen LogP) is 2.66. The third kappa shape index (κ3) is 3.29. The third-order valence-corrected chi connectivity index (χ3v) is 2.61. The van der Waals surface area contributed by atoms with Gasteiger partial charge in [-0.1, -0.05) is 31.7 Å². The van der Waals surface area contributed by atoms with Crippen molar-refractivity contribution in [3.63, 3.8) is 0 Å². The summed E-state index contributed by atoms with van der Waals surface area (Å²) < 4.78 is 0. The second-order valence-electron chi connectivity index (χ2n) is 3.94. The van der Waals surface area contributed by atoms with Crippen LogP contribution in [0, 0.1) is 5.92 Å². The van der Waals surface area contributed by atoms with Gasteiger partial charge in [0.1, 0.15) is 0 Å². The minimum atomic E-state index is 0.479. The number of allylic oxidation sites excluding steroid dienone is 3. The van der Waals surface area contributed by atoms with Gasteiger partial charge in [0.25, 0.3) is 0 Å². The molecule has 1 unspecified atom stereocenters. The van der Waals surface area contributed by atoms with Crippen LogP contribution >= 0.6 is 0 Å². The van der Waals surface area contributed by atoms with Gasteiger partial charge < -0.3 is 11.1 Å². The molecule has 0 saturated heterocycles. The summed E-state index contributed by atoms with van der Waals surface area (Å²) in [6, 6.07) is 0. The lowest BCUT2D eigenvalue weighted by atomic mass is 10.0. The molecule has 0 saturated carbocycles. The molecule has 0 aromatic rings. The molecule has 0 fully saturated rings. The van der Waals surface area contributed by atoms with Gasteiger partial charge in [0.2, 0.25) is 0 Å². The Morgan fingerprint density at radius 2 is 2.36 bits per heavy atom. The Balaban J connectivity index is 2.35. The first-order valence-corrected chi connectivity index (χ1v) is 5.20. The second-order valence-corrected chi connectivity index (χ2v) is 3.94. The van der Waals surface area contributed by atoms with Crippen LogP contribution in [0.5, 0.6) is 0 Å². The second kappa shape index (κ2) is 4.89. The Morgan fingerprint density at radius 1 is 1.64 bits per heavy atom. The van der Waals surface area contributed by atoms with Crippen molar-refractivity contribution in [3.8, 4) is 0 Å². The van der Waals surface area contributed by atoms with E-state index in [1.165, 1.54) is 19.3 Å². The summed E-state index contributed by atoms with van der Waals surface area (Å²) in [5.74, 6) is 1.12. The highest BCUT2D eigenvalue weighted by atomic mass is 15.0. The lowest BCUT2D eigenvalue weighted by Gasteiger charge is -2.11. The van der Waals surface area contributed by atoms with Gasteiger partial charge >= 0.3 is 0 Å². The zero-order valence-electron chi connectivity index (χ0n) is 8.97. The van der Waals surface area contributed by atoms with Crippen LogP contribution < -0.4 is 11.1 Å². The molecule has 0 aromatic carbocycles. The number of nitrogens with one attached hydrogen (secondary N) is 1. The van der Waals surface area contributed by atoms with Crippen molar-refractivity contribution in [2.45, 2.75) is 32.6 Å². The topological polar surface area (TPSA) is 38.0 Å². The molecular formula is C12H20N2. The summed E-state index contributed by atoms with van der Waals surface area (Å²) in [5, 5.41) is 2.96. The maximum absolute atomic E-state index is 5.44. The molecule has 1 aliphatic carbocycles. The lowest BCUT2D eigenvalue weighted by Crippen LogP contribution is -2.18. The van der Waals surface area contributed by atoms with E-state index in [0.717, 1.165) is 12.1 Å². The van der Waals surface area contributed by atoms with Crippen molar-refractivity contribution >= 4 is 0 Å². The first-order chi connectivity index (χ1) is 6.61. The van der Waals surface area contributed by atoms with Crippen molar-refractivity contribution in [2.75, 3.05) is 0 Å². The molecule has 0 bridgehead atoms. The van der Waals surface area contributed by atoms with Crippen LogP contribution in [-0.2, 0) is 0 Å². The van der Waals surface area contributed by atoms with Crippen LogP contribution in [0.3, 0.4) is 0 Å². The Kier molecular flexibility index (Phi) is 3.81. The molecule has 0 aliphatic heterocycles. The zero-order chi connectivity index (χ0) is 10.6. The molecule has 1 aliphatic rings. The van der Waals surface area contributed by atoms with Gasteiger partial charge in [0, 0.05) is 5.70 Å². The van der Waals surface area contributed by atoms with Gasteiger partial charge in [0.05, 0.1) is 5.82 Å². The predicted molar refractivity (Wildman–Crippen MR) is 61.3 cm³/mol. The molecule has 0 spiro atoms. The highest BCUT2D eigenvalue weighted by molar-refractivity contribution is 5.14. The van der Waals surface area contributed by atoms with Crippen LogP contribution in [0.25, 0.3) is 0 Å². The van der Waals surface area contributed by atoms with Gasteiger partial charge in [-0.3, -0.25) is 0 Å². The molecule has 1 rings (SSSR count). The van der Waals surface area contributed by atoms with E-state index in [1.54, 1.807) is 5.57 Å². The van der Waals surface area contributed by atoms with Gasteiger partial charge in [-0.05, 0) is 31.6 Å².